The van der Waals surface area contributed by atoms with Gasteiger partial charge in [0, 0.05) is 34.4 Å². The van der Waals surface area contributed by atoms with Crippen LogP contribution in [0.4, 0.5) is 0 Å². The maximum atomic E-state index is 4.86. The lowest BCUT2D eigenvalue weighted by Gasteiger charge is -2.19. The van der Waals surface area contributed by atoms with Gasteiger partial charge in [-0.2, -0.15) is 0 Å². The van der Waals surface area contributed by atoms with E-state index in [9.17, 15) is 0 Å². The Morgan fingerprint density at radius 2 is 1.47 bits per heavy atom. The van der Waals surface area contributed by atoms with E-state index in [1.165, 1.54) is 55.4 Å². The van der Waals surface area contributed by atoms with Crippen LogP contribution >= 0.6 is 0 Å². The van der Waals surface area contributed by atoms with Crippen LogP contribution in [0.1, 0.15) is 42.0 Å². The molecule has 3 nitrogen and oxygen atoms in total. The molecular formula is C33H31N3. The fourth-order valence-corrected chi connectivity index (χ4v) is 5.64. The van der Waals surface area contributed by atoms with Crippen LogP contribution in [0.3, 0.4) is 0 Å². The van der Waals surface area contributed by atoms with E-state index in [2.05, 4.69) is 129 Å². The first-order valence-corrected chi connectivity index (χ1v) is 12.7. The molecule has 0 saturated heterocycles. The molecule has 0 aliphatic carbocycles. The van der Waals surface area contributed by atoms with Gasteiger partial charge in [-0.3, -0.25) is 4.57 Å². The third-order valence-electron chi connectivity index (χ3n) is 7.27. The summed E-state index contributed by atoms with van der Waals surface area (Å²) in [6.45, 7) is 11.1. The summed E-state index contributed by atoms with van der Waals surface area (Å²) in [4.78, 5) is 4.86. The first-order valence-electron chi connectivity index (χ1n) is 12.7. The number of fused-ring (bicyclic) bond motifs is 3. The minimum atomic E-state index is 0.417. The molecule has 4 aromatic carbocycles. The molecule has 0 aliphatic rings. The van der Waals surface area contributed by atoms with Crippen LogP contribution < -0.4 is 0 Å². The summed E-state index contributed by atoms with van der Waals surface area (Å²) < 4.78 is 4.67. The molecule has 0 fully saturated rings. The highest BCUT2D eigenvalue weighted by molar-refractivity contribution is 6.10. The van der Waals surface area contributed by atoms with Gasteiger partial charge in [0.2, 0.25) is 0 Å². The zero-order valence-electron chi connectivity index (χ0n) is 21.6. The highest BCUT2D eigenvalue weighted by Gasteiger charge is 2.19. The van der Waals surface area contributed by atoms with Crippen LogP contribution in [0.15, 0.2) is 91.3 Å². The van der Waals surface area contributed by atoms with Crippen LogP contribution in [-0.4, -0.2) is 14.1 Å². The standard InChI is InChI=1S/C33H31N3/c1-21(2)28-19-22(3)18-24(5)32(28)35-17-16-34-33(35)25-14-15-27-26-11-7-9-13-30(26)36(31(27)20-25)29-12-8-6-10-23(29)4/h6-21H,1-5H3. The maximum Gasteiger partial charge on any atom is 0.144 e. The van der Waals surface area contributed by atoms with Gasteiger partial charge in [0.15, 0.2) is 0 Å². The van der Waals surface area contributed by atoms with E-state index in [0.29, 0.717) is 5.92 Å². The average Bonchev–Trinajstić information content (AvgIpc) is 3.46. The van der Waals surface area contributed by atoms with Gasteiger partial charge in [-0.15, -0.1) is 0 Å². The van der Waals surface area contributed by atoms with Gasteiger partial charge in [0.05, 0.1) is 16.7 Å². The molecule has 0 N–H and O–H groups in total. The van der Waals surface area contributed by atoms with E-state index in [1.807, 2.05) is 6.20 Å². The van der Waals surface area contributed by atoms with E-state index in [-0.39, 0.29) is 0 Å². The Balaban J connectivity index is 1.63. The molecule has 0 saturated carbocycles. The SMILES string of the molecule is Cc1cc(C)c(-n2ccnc2-c2ccc3c4ccccc4n(-c4ccccc4C)c3c2)c(C(C)C)c1. The fraction of sp³-hybridized carbons (Fsp3) is 0.182. The van der Waals surface area contributed by atoms with E-state index in [0.717, 1.165) is 11.4 Å². The van der Waals surface area contributed by atoms with Gasteiger partial charge in [-0.25, -0.2) is 4.98 Å². The van der Waals surface area contributed by atoms with Crippen molar-refractivity contribution in [3.8, 4) is 22.8 Å². The molecule has 2 aromatic heterocycles. The van der Waals surface area contributed by atoms with E-state index in [4.69, 9.17) is 4.98 Å². The van der Waals surface area contributed by atoms with Crippen molar-refractivity contribution < 1.29 is 0 Å². The molecule has 2 heterocycles. The number of benzene rings is 4. The zero-order chi connectivity index (χ0) is 25.0. The summed E-state index contributed by atoms with van der Waals surface area (Å²) in [5, 5.41) is 2.52. The smallest absolute Gasteiger partial charge is 0.144 e. The topological polar surface area (TPSA) is 22.8 Å². The number of rotatable bonds is 4. The highest BCUT2D eigenvalue weighted by atomic mass is 15.1. The molecule has 3 heteroatoms. The number of hydrogen-bond donors (Lipinski definition) is 0. The molecule has 0 spiro atoms. The predicted octanol–water partition coefficient (Wildman–Crippen LogP) is 8.69. The Bertz CT molecular complexity index is 1750. The van der Waals surface area contributed by atoms with Crippen molar-refractivity contribution in [1.29, 1.82) is 0 Å². The lowest BCUT2D eigenvalue weighted by atomic mass is 9.95. The van der Waals surface area contributed by atoms with Crippen molar-refractivity contribution in [2.24, 2.45) is 0 Å². The van der Waals surface area contributed by atoms with Gasteiger partial charge >= 0.3 is 0 Å². The van der Waals surface area contributed by atoms with Crippen LogP contribution in [0.2, 0.25) is 0 Å². The second kappa shape index (κ2) is 8.53. The van der Waals surface area contributed by atoms with Crippen LogP contribution in [0.5, 0.6) is 0 Å². The van der Waals surface area contributed by atoms with Crippen LogP contribution in [0.25, 0.3) is 44.6 Å². The minimum Gasteiger partial charge on any atom is -0.309 e. The molecule has 6 rings (SSSR count). The van der Waals surface area contributed by atoms with Crippen molar-refractivity contribution >= 4 is 21.8 Å². The Morgan fingerprint density at radius 1 is 0.722 bits per heavy atom. The first-order chi connectivity index (χ1) is 17.4. The second-order valence-corrected chi connectivity index (χ2v) is 10.2. The Morgan fingerprint density at radius 3 is 2.28 bits per heavy atom. The summed E-state index contributed by atoms with van der Waals surface area (Å²) in [5.41, 5.74) is 11.1. The van der Waals surface area contributed by atoms with E-state index < -0.39 is 0 Å². The number of aromatic nitrogens is 3. The molecule has 6 aromatic rings. The maximum absolute atomic E-state index is 4.86. The summed E-state index contributed by atoms with van der Waals surface area (Å²) in [7, 11) is 0. The molecule has 36 heavy (non-hydrogen) atoms. The number of nitrogens with zero attached hydrogens (tertiary/aromatic N) is 3. The number of para-hydroxylation sites is 2. The zero-order valence-corrected chi connectivity index (χ0v) is 21.6. The van der Waals surface area contributed by atoms with E-state index >= 15 is 0 Å². The first kappa shape index (κ1) is 22.4. The van der Waals surface area contributed by atoms with Crippen LogP contribution in [-0.2, 0) is 0 Å². The quantitative estimate of drug-likeness (QED) is 0.253. The summed E-state index contributed by atoms with van der Waals surface area (Å²) in [6.07, 6.45) is 4.01. The largest absolute Gasteiger partial charge is 0.309 e. The van der Waals surface area contributed by atoms with Gasteiger partial charge < -0.3 is 4.57 Å². The lowest BCUT2D eigenvalue weighted by Crippen LogP contribution is -2.06. The van der Waals surface area contributed by atoms with Crippen molar-refractivity contribution in [1.82, 2.24) is 14.1 Å². The molecule has 0 bridgehead atoms. The second-order valence-electron chi connectivity index (χ2n) is 10.2. The summed E-state index contributed by atoms with van der Waals surface area (Å²) >= 11 is 0. The van der Waals surface area contributed by atoms with Crippen molar-refractivity contribution in [3.05, 3.63) is 114 Å². The van der Waals surface area contributed by atoms with Crippen LogP contribution in [0, 0.1) is 20.8 Å². The normalized spacial score (nSPS) is 11.7. The lowest BCUT2D eigenvalue weighted by molar-refractivity contribution is 0.841. The molecule has 0 amide bonds. The van der Waals surface area contributed by atoms with Crippen molar-refractivity contribution in [2.45, 2.75) is 40.5 Å². The van der Waals surface area contributed by atoms with Gasteiger partial charge in [0.1, 0.15) is 5.82 Å². The molecule has 0 unspecified atom stereocenters. The summed E-state index contributed by atoms with van der Waals surface area (Å²) in [6, 6.07) is 28.7. The minimum absolute atomic E-state index is 0.417. The molecular weight excluding hydrogens is 438 g/mol. The molecule has 0 aliphatic heterocycles. The van der Waals surface area contributed by atoms with Gasteiger partial charge in [-0.1, -0.05) is 80.1 Å². The third kappa shape index (κ3) is 3.46. The summed E-state index contributed by atoms with van der Waals surface area (Å²) in [5.74, 6) is 1.38. The molecule has 0 radical (unpaired) electrons. The third-order valence-corrected chi connectivity index (χ3v) is 7.27. The predicted molar refractivity (Wildman–Crippen MR) is 152 cm³/mol. The highest BCUT2D eigenvalue weighted by Crippen LogP contribution is 2.37. The fourth-order valence-electron chi connectivity index (χ4n) is 5.64. The molecule has 178 valence electrons. The number of aryl methyl sites for hydroxylation is 3. The Hall–Kier alpha value is -4.11. The number of imidazole rings is 1. The van der Waals surface area contributed by atoms with E-state index in [1.54, 1.807) is 0 Å². The Kier molecular flexibility index (Phi) is 5.30. The number of hydrogen-bond acceptors (Lipinski definition) is 1. The van der Waals surface area contributed by atoms with Gasteiger partial charge in [0.25, 0.3) is 0 Å². The Labute approximate surface area is 212 Å². The van der Waals surface area contributed by atoms with Crippen molar-refractivity contribution in [3.63, 3.8) is 0 Å². The van der Waals surface area contributed by atoms with Gasteiger partial charge in [-0.05, 0) is 61.6 Å². The molecule has 0 atom stereocenters. The average molecular weight is 470 g/mol. The van der Waals surface area contributed by atoms with Crippen molar-refractivity contribution in [2.75, 3.05) is 0 Å². The monoisotopic (exact) mass is 469 g/mol.